The average Bonchev–Trinajstić information content (AvgIpc) is 3.33. The Morgan fingerprint density at radius 3 is 2.13 bits per heavy atom. The molecule has 6 atom stereocenters. The molecular weight excluding hydrogens is 295 g/mol. The third kappa shape index (κ3) is 1.76. The van der Waals surface area contributed by atoms with Gasteiger partial charge in [-0.15, -0.1) is 0 Å². The average molecular weight is 312 g/mol. The molecule has 4 nitrogen and oxygen atoms in total. The van der Waals surface area contributed by atoms with Crippen molar-refractivity contribution in [1.82, 2.24) is 4.90 Å². The van der Waals surface area contributed by atoms with Crippen molar-refractivity contribution in [3.05, 3.63) is 42.2 Å². The van der Waals surface area contributed by atoms with Crippen LogP contribution >= 0.6 is 0 Å². The molecule has 1 aromatic rings. The lowest BCUT2D eigenvalue weighted by Crippen LogP contribution is -2.40. The number of benzene rings is 1. The summed E-state index contributed by atoms with van der Waals surface area (Å²) in [5.41, 5.74) is 0.700. The van der Waals surface area contributed by atoms with Gasteiger partial charge < -0.3 is 5.32 Å². The van der Waals surface area contributed by atoms with Gasteiger partial charge in [-0.3, -0.25) is 14.5 Å². The number of carbonyl (C=O) groups is 2. The first-order valence-corrected chi connectivity index (χ1v) is 8.18. The van der Waals surface area contributed by atoms with Crippen molar-refractivity contribution in [3.63, 3.8) is 0 Å². The Labute approximate surface area is 133 Å². The van der Waals surface area contributed by atoms with Gasteiger partial charge in [0.15, 0.2) is 0 Å². The molecule has 0 radical (unpaired) electrons. The zero-order valence-corrected chi connectivity index (χ0v) is 12.5. The van der Waals surface area contributed by atoms with Crippen molar-refractivity contribution in [3.8, 4) is 0 Å². The summed E-state index contributed by atoms with van der Waals surface area (Å²) in [5, 5.41) is 3.05. The molecular formula is C18H17FN2O2. The number of nitrogens with one attached hydrogen (secondary N) is 1. The van der Waals surface area contributed by atoms with Crippen molar-refractivity contribution < 1.29 is 14.0 Å². The van der Waals surface area contributed by atoms with Crippen LogP contribution in [-0.2, 0) is 9.59 Å². The number of imide groups is 1. The molecule has 4 aliphatic carbocycles. The number of nitrogens with zero attached hydrogens (tertiary/aromatic N) is 1. The van der Waals surface area contributed by atoms with E-state index >= 15 is 0 Å². The van der Waals surface area contributed by atoms with Crippen molar-refractivity contribution in [2.45, 2.75) is 6.42 Å². The predicted octanol–water partition coefficient (Wildman–Crippen LogP) is 2.25. The van der Waals surface area contributed by atoms with Crippen LogP contribution in [0.3, 0.4) is 0 Å². The molecule has 2 amide bonds. The van der Waals surface area contributed by atoms with E-state index in [0.717, 1.165) is 0 Å². The predicted molar refractivity (Wildman–Crippen MR) is 81.4 cm³/mol. The van der Waals surface area contributed by atoms with E-state index in [1.165, 1.54) is 23.5 Å². The summed E-state index contributed by atoms with van der Waals surface area (Å²) in [6.07, 6.45) is 5.51. The van der Waals surface area contributed by atoms with Gasteiger partial charge in [-0.25, -0.2) is 4.39 Å². The fraction of sp³-hybridized carbons (Fsp3) is 0.444. The van der Waals surface area contributed by atoms with Gasteiger partial charge in [-0.1, -0.05) is 12.2 Å². The van der Waals surface area contributed by atoms with Gasteiger partial charge in [-0.2, -0.15) is 0 Å². The molecule has 0 spiro atoms. The molecule has 0 unspecified atom stereocenters. The summed E-state index contributed by atoms with van der Waals surface area (Å²) in [5.74, 6) is 1.04. The Hall–Kier alpha value is -2.17. The van der Waals surface area contributed by atoms with E-state index in [2.05, 4.69) is 17.5 Å². The van der Waals surface area contributed by atoms with Crippen LogP contribution in [0.5, 0.6) is 0 Å². The zero-order valence-electron chi connectivity index (χ0n) is 12.5. The number of hydrogen-bond acceptors (Lipinski definition) is 3. The monoisotopic (exact) mass is 312 g/mol. The minimum atomic E-state index is -0.309. The Kier molecular flexibility index (Phi) is 2.56. The maximum atomic E-state index is 12.9. The molecule has 1 saturated heterocycles. The van der Waals surface area contributed by atoms with Crippen molar-refractivity contribution in [2.24, 2.45) is 35.5 Å². The zero-order chi connectivity index (χ0) is 15.7. The second kappa shape index (κ2) is 4.43. The summed E-state index contributed by atoms with van der Waals surface area (Å²) in [4.78, 5) is 26.9. The number of anilines is 1. The summed E-state index contributed by atoms with van der Waals surface area (Å²) in [7, 11) is 0. The molecule has 1 N–H and O–H groups in total. The standard InChI is InChI=1S/C18H17FN2O2/c19-9-1-3-10(4-2-9)20-8-21-17(22)15-11-5-6-12(14-7-13(11)14)16(15)18(21)23/h1-6,11-16,20H,7-8H2/t11-,12-,13-,14+,15-,16+/m0/s1. The molecule has 118 valence electrons. The summed E-state index contributed by atoms with van der Waals surface area (Å²) < 4.78 is 12.9. The topological polar surface area (TPSA) is 49.4 Å². The number of likely N-dealkylation sites (tertiary alicyclic amines) is 1. The van der Waals surface area contributed by atoms with Crippen LogP contribution in [0, 0.1) is 41.3 Å². The van der Waals surface area contributed by atoms with Crippen LogP contribution < -0.4 is 5.32 Å². The van der Waals surface area contributed by atoms with E-state index in [-0.39, 0.29) is 48.0 Å². The van der Waals surface area contributed by atoms with Crippen LogP contribution in [0.4, 0.5) is 10.1 Å². The van der Waals surface area contributed by atoms with E-state index in [9.17, 15) is 14.0 Å². The molecule has 5 aliphatic rings. The van der Waals surface area contributed by atoms with Crippen LogP contribution in [0.2, 0.25) is 0 Å². The van der Waals surface area contributed by atoms with Gasteiger partial charge in [0.1, 0.15) is 5.82 Å². The maximum absolute atomic E-state index is 12.9. The van der Waals surface area contributed by atoms with Crippen molar-refractivity contribution in [2.75, 3.05) is 12.0 Å². The Morgan fingerprint density at radius 1 is 1.00 bits per heavy atom. The lowest BCUT2D eigenvalue weighted by atomic mass is 9.63. The highest BCUT2D eigenvalue weighted by Gasteiger charge is 2.66. The third-order valence-corrected chi connectivity index (χ3v) is 6.04. The van der Waals surface area contributed by atoms with Gasteiger partial charge in [-0.05, 0) is 54.4 Å². The molecule has 1 heterocycles. The summed E-state index contributed by atoms with van der Waals surface area (Å²) in [6.45, 7) is 0.158. The third-order valence-electron chi connectivity index (χ3n) is 6.04. The smallest absolute Gasteiger partial charge is 0.235 e. The first-order chi connectivity index (χ1) is 11.1. The summed E-state index contributed by atoms with van der Waals surface area (Å²) in [6, 6.07) is 5.92. The molecule has 0 aromatic heterocycles. The number of halogens is 1. The molecule has 23 heavy (non-hydrogen) atoms. The van der Waals surface area contributed by atoms with Gasteiger partial charge >= 0.3 is 0 Å². The molecule has 5 heteroatoms. The van der Waals surface area contributed by atoms with E-state index in [0.29, 0.717) is 17.5 Å². The van der Waals surface area contributed by atoms with Crippen LogP contribution in [0.25, 0.3) is 0 Å². The van der Waals surface area contributed by atoms with Crippen molar-refractivity contribution >= 4 is 17.5 Å². The fourth-order valence-electron chi connectivity index (χ4n) is 4.91. The van der Waals surface area contributed by atoms with Gasteiger partial charge in [0.2, 0.25) is 11.8 Å². The maximum Gasteiger partial charge on any atom is 0.235 e. The van der Waals surface area contributed by atoms with Gasteiger partial charge in [0.05, 0.1) is 18.5 Å². The Morgan fingerprint density at radius 2 is 1.57 bits per heavy atom. The highest BCUT2D eigenvalue weighted by Crippen LogP contribution is 2.65. The first kappa shape index (κ1) is 13.3. The quantitative estimate of drug-likeness (QED) is 0.688. The summed E-state index contributed by atoms with van der Waals surface area (Å²) >= 11 is 0. The largest absolute Gasteiger partial charge is 0.367 e. The molecule has 3 fully saturated rings. The van der Waals surface area contributed by atoms with E-state index < -0.39 is 0 Å². The number of hydrogen-bond donors (Lipinski definition) is 1. The number of amides is 2. The second-order valence-electron chi connectivity index (χ2n) is 7.10. The Balaban J connectivity index is 1.36. The highest BCUT2D eigenvalue weighted by molar-refractivity contribution is 6.06. The molecule has 2 bridgehead atoms. The lowest BCUT2D eigenvalue weighted by molar-refractivity contribution is -0.139. The van der Waals surface area contributed by atoms with Crippen LogP contribution in [-0.4, -0.2) is 23.4 Å². The molecule has 1 aromatic carbocycles. The normalized spacial score (nSPS) is 39.4. The van der Waals surface area contributed by atoms with E-state index in [1.54, 1.807) is 12.1 Å². The van der Waals surface area contributed by atoms with Crippen molar-refractivity contribution in [1.29, 1.82) is 0 Å². The molecule has 6 rings (SSSR count). The van der Waals surface area contributed by atoms with Crippen LogP contribution in [0.1, 0.15) is 6.42 Å². The highest BCUT2D eigenvalue weighted by atomic mass is 19.1. The minimum absolute atomic E-state index is 0.0423. The molecule has 1 aliphatic heterocycles. The van der Waals surface area contributed by atoms with E-state index in [4.69, 9.17) is 0 Å². The fourth-order valence-corrected chi connectivity index (χ4v) is 4.91. The number of carbonyl (C=O) groups excluding carboxylic acids is 2. The SMILES string of the molecule is O=C1[C@@H]2[C@H]3C=C[C@@H]([C@@H]4C[C@H]34)[C@@H]2C(=O)N1CNc1ccc(F)cc1. The van der Waals surface area contributed by atoms with E-state index in [1.807, 2.05) is 0 Å². The second-order valence-corrected chi connectivity index (χ2v) is 7.10. The van der Waals surface area contributed by atoms with Crippen LogP contribution in [0.15, 0.2) is 36.4 Å². The minimum Gasteiger partial charge on any atom is -0.367 e. The number of allylic oxidation sites excluding steroid dienone is 2. The lowest BCUT2D eigenvalue weighted by Gasteiger charge is -2.37. The number of rotatable bonds is 3. The van der Waals surface area contributed by atoms with Gasteiger partial charge in [0, 0.05) is 5.69 Å². The Bertz CT molecular complexity index is 693. The first-order valence-electron chi connectivity index (χ1n) is 8.18. The molecule has 2 saturated carbocycles. The van der Waals surface area contributed by atoms with Gasteiger partial charge in [0.25, 0.3) is 0 Å².